The first-order valence-corrected chi connectivity index (χ1v) is 12.8. The number of hydrogen-bond acceptors (Lipinski definition) is 7. The van der Waals surface area contributed by atoms with Crippen molar-refractivity contribution in [3.63, 3.8) is 0 Å². The van der Waals surface area contributed by atoms with Crippen molar-refractivity contribution < 1.29 is 19.2 Å². The van der Waals surface area contributed by atoms with Gasteiger partial charge in [0.1, 0.15) is 6.04 Å². The lowest BCUT2D eigenvalue weighted by atomic mass is 10.0. The fraction of sp³-hybridized carbons (Fsp3) is 0.714. The van der Waals surface area contributed by atoms with Crippen molar-refractivity contribution in [1.82, 2.24) is 36.3 Å². The number of aromatic nitrogens is 3. The molecule has 3 rings (SSSR count). The van der Waals surface area contributed by atoms with Crippen molar-refractivity contribution in [3.8, 4) is 0 Å². The Morgan fingerprint density at radius 1 is 1.18 bits per heavy atom. The molecule has 1 aromatic heterocycles. The Hall–Kier alpha value is -2.83. The molecule has 6 N–H and O–H groups in total. The van der Waals surface area contributed by atoms with Crippen molar-refractivity contribution in [2.45, 2.75) is 75.2 Å². The van der Waals surface area contributed by atoms with E-state index < -0.39 is 11.9 Å². The summed E-state index contributed by atoms with van der Waals surface area (Å²) in [6, 6.07) is -0.205. The number of carbonyl (C=O) groups is 4. The highest BCUT2D eigenvalue weighted by molar-refractivity contribution is 8.00. The lowest BCUT2D eigenvalue weighted by Crippen LogP contribution is -2.36. The lowest BCUT2D eigenvalue weighted by Gasteiger charge is -2.16. The van der Waals surface area contributed by atoms with Crippen LogP contribution in [0.5, 0.6) is 0 Å². The second-order valence-corrected chi connectivity index (χ2v) is 9.96. The molecule has 12 nitrogen and oxygen atoms in total. The van der Waals surface area contributed by atoms with Crippen molar-refractivity contribution in [2.75, 3.05) is 18.8 Å². The number of nitrogens with one attached hydrogen (secondary N) is 4. The van der Waals surface area contributed by atoms with Crippen LogP contribution < -0.4 is 27.0 Å². The predicted molar refractivity (Wildman–Crippen MR) is 127 cm³/mol. The van der Waals surface area contributed by atoms with Gasteiger partial charge in [-0.15, -0.1) is 5.10 Å². The molecule has 34 heavy (non-hydrogen) atoms. The molecule has 0 aromatic carbocycles. The Morgan fingerprint density at radius 2 is 1.88 bits per heavy atom. The highest BCUT2D eigenvalue weighted by atomic mass is 32.2. The van der Waals surface area contributed by atoms with E-state index in [9.17, 15) is 19.2 Å². The molecular formula is C21H34N8O4S. The third-order valence-electron chi connectivity index (χ3n) is 6.05. The van der Waals surface area contributed by atoms with Crippen molar-refractivity contribution in [3.05, 3.63) is 11.9 Å². The minimum absolute atomic E-state index is 0.0182. The summed E-state index contributed by atoms with van der Waals surface area (Å²) in [5.41, 5.74) is 5.94. The SMILES string of the molecule is CC(C(N)=O)n1cc(CCCC(=O)NCCNC(=O)CCCCC2SC[C@@H]3NC(=O)N[C@H]23)nn1. The number of thioether (sulfide) groups is 1. The maximum atomic E-state index is 12.0. The zero-order chi connectivity index (χ0) is 24.5. The van der Waals surface area contributed by atoms with Crippen LogP contribution in [0.1, 0.15) is 57.2 Å². The highest BCUT2D eigenvalue weighted by Crippen LogP contribution is 2.33. The van der Waals surface area contributed by atoms with Gasteiger partial charge in [0.25, 0.3) is 0 Å². The average Bonchev–Trinajstić information content (AvgIpc) is 3.50. The summed E-state index contributed by atoms with van der Waals surface area (Å²) in [4.78, 5) is 46.5. The van der Waals surface area contributed by atoms with Crippen LogP contribution >= 0.6 is 11.8 Å². The van der Waals surface area contributed by atoms with E-state index in [0.29, 0.717) is 49.7 Å². The maximum absolute atomic E-state index is 12.0. The fourth-order valence-corrected chi connectivity index (χ4v) is 5.58. The number of unbranched alkanes of at least 4 members (excludes halogenated alkanes) is 1. The van der Waals surface area contributed by atoms with E-state index in [4.69, 9.17) is 5.73 Å². The van der Waals surface area contributed by atoms with Crippen LogP contribution in [-0.4, -0.2) is 74.9 Å². The van der Waals surface area contributed by atoms with E-state index in [2.05, 4.69) is 31.6 Å². The normalized spacial score (nSPS) is 21.9. The van der Waals surface area contributed by atoms with Gasteiger partial charge in [-0.1, -0.05) is 11.6 Å². The largest absolute Gasteiger partial charge is 0.368 e. The van der Waals surface area contributed by atoms with Gasteiger partial charge in [0.15, 0.2) is 0 Å². The molecular weight excluding hydrogens is 460 g/mol. The topological polar surface area (TPSA) is 173 Å². The molecule has 1 aromatic rings. The number of rotatable bonds is 14. The van der Waals surface area contributed by atoms with E-state index in [1.54, 1.807) is 13.1 Å². The molecule has 188 valence electrons. The van der Waals surface area contributed by atoms with Crippen molar-refractivity contribution in [1.29, 1.82) is 0 Å². The molecule has 2 saturated heterocycles. The predicted octanol–water partition coefficient (Wildman–Crippen LogP) is -0.395. The number of amides is 5. The number of primary amides is 1. The number of urea groups is 1. The third-order valence-corrected chi connectivity index (χ3v) is 7.56. The van der Waals surface area contributed by atoms with E-state index in [-0.39, 0.29) is 29.9 Å². The van der Waals surface area contributed by atoms with Crippen LogP contribution in [0.3, 0.4) is 0 Å². The smallest absolute Gasteiger partial charge is 0.315 e. The summed E-state index contributed by atoms with van der Waals surface area (Å²) < 4.78 is 1.41. The van der Waals surface area contributed by atoms with Crippen molar-refractivity contribution in [2.24, 2.45) is 5.73 Å². The number of carbonyl (C=O) groups excluding carboxylic acids is 4. The van der Waals surface area contributed by atoms with Gasteiger partial charge in [0, 0.05) is 43.1 Å². The highest BCUT2D eigenvalue weighted by Gasteiger charge is 2.42. The minimum atomic E-state index is -0.562. The summed E-state index contributed by atoms with van der Waals surface area (Å²) in [6.45, 7) is 2.42. The minimum Gasteiger partial charge on any atom is -0.368 e. The average molecular weight is 495 g/mol. The number of aryl methyl sites for hydroxylation is 1. The van der Waals surface area contributed by atoms with Gasteiger partial charge in [0.2, 0.25) is 17.7 Å². The summed E-state index contributed by atoms with van der Waals surface area (Å²) in [6.07, 6.45) is 6.35. The molecule has 5 amide bonds. The molecule has 2 aliphatic heterocycles. The second-order valence-electron chi connectivity index (χ2n) is 8.69. The Balaban J connectivity index is 1.17. The van der Waals surface area contributed by atoms with Crippen LogP contribution in [0.4, 0.5) is 4.79 Å². The molecule has 0 saturated carbocycles. The molecule has 2 fully saturated rings. The summed E-state index contributed by atoms with van der Waals surface area (Å²) in [7, 11) is 0. The van der Waals surface area contributed by atoms with E-state index in [0.717, 1.165) is 25.0 Å². The first kappa shape index (κ1) is 25.8. The molecule has 0 spiro atoms. The van der Waals surface area contributed by atoms with Gasteiger partial charge in [-0.05, 0) is 32.6 Å². The van der Waals surface area contributed by atoms with Crippen LogP contribution in [0.15, 0.2) is 6.20 Å². The van der Waals surface area contributed by atoms with E-state index >= 15 is 0 Å². The standard InChI is InChI=1S/C21H34N8O4S/c1-13(20(22)32)29-11-14(27-28-29)5-4-8-18(31)24-10-9-23-17(30)7-3-2-6-16-19-15(12-34-16)25-21(33)26-19/h11,13,15-16,19H,2-10,12H2,1H3,(H2,22,32)(H,23,30)(H,24,31)(H2,25,26,33)/t13?,15-,16?,19-/m0/s1. The molecule has 0 bridgehead atoms. The lowest BCUT2D eigenvalue weighted by molar-refractivity contribution is -0.123. The second kappa shape index (κ2) is 12.6. The van der Waals surface area contributed by atoms with Crippen LogP contribution in [-0.2, 0) is 20.8 Å². The molecule has 2 unspecified atom stereocenters. The van der Waals surface area contributed by atoms with Crippen LogP contribution in [0.2, 0.25) is 0 Å². The molecule has 4 atom stereocenters. The quantitative estimate of drug-likeness (QED) is 0.173. The van der Waals surface area contributed by atoms with E-state index in [1.807, 2.05) is 11.8 Å². The fourth-order valence-electron chi connectivity index (χ4n) is 4.03. The first-order chi connectivity index (χ1) is 16.3. The first-order valence-electron chi connectivity index (χ1n) is 11.8. The summed E-state index contributed by atoms with van der Waals surface area (Å²) >= 11 is 1.88. The van der Waals surface area contributed by atoms with E-state index in [1.165, 1.54) is 4.68 Å². The van der Waals surface area contributed by atoms with Crippen LogP contribution in [0, 0.1) is 0 Å². The zero-order valence-corrected chi connectivity index (χ0v) is 20.2. The Bertz CT molecular complexity index is 879. The number of fused-ring (bicyclic) bond motifs is 1. The van der Waals surface area contributed by atoms with Crippen molar-refractivity contribution >= 4 is 35.5 Å². The molecule has 2 aliphatic rings. The van der Waals surface area contributed by atoms with Gasteiger partial charge >= 0.3 is 6.03 Å². The summed E-state index contributed by atoms with van der Waals surface area (Å²) in [5, 5.41) is 19.8. The number of nitrogens with zero attached hydrogens (tertiary/aromatic N) is 3. The Kier molecular flexibility index (Phi) is 9.54. The molecule has 3 heterocycles. The zero-order valence-electron chi connectivity index (χ0n) is 19.4. The number of nitrogens with two attached hydrogens (primary N) is 1. The molecule has 0 aliphatic carbocycles. The summed E-state index contributed by atoms with van der Waals surface area (Å²) in [5.74, 6) is 0.350. The molecule has 0 radical (unpaired) electrons. The van der Waals surface area contributed by atoms with Gasteiger partial charge in [-0.3, -0.25) is 14.4 Å². The van der Waals surface area contributed by atoms with Crippen LogP contribution in [0.25, 0.3) is 0 Å². The molecule has 13 heteroatoms. The van der Waals surface area contributed by atoms with Gasteiger partial charge in [0.05, 0.1) is 17.8 Å². The monoisotopic (exact) mass is 494 g/mol. The van der Waals surface area contributed by atoms with Gasteiger partial charge in [-0.25, -0.2) is 9.48 Å². The Labute approximate surface area is 202 Å². The van der Waals surface area contributed by atoms with Gasteiger partial charge in [-0.2, -0.15) is 11.8 Å². The van der Waals surface area contributed by atoms with Gasteiger partial charge < -0.3 is 27.0 Å². The Morgan fingerprint density at radius 3 is 2.59 bits per heavy atom. The maximum Gasteiger partial charge on any atom is 0.315 e. The third kappa shape index (κ3) is 7.61. The number of hydrogen-bond donors (Lipinski definition) is 5.